The highest BCUT2D eigenvalue weighted by atomic mass is 16.3. The lowest BCUT2D eigenvalue weighted by molar-refractivity contribution is 0.0686. The van der Waals surface area contributed by atoms with Gasteiger partial charge in [0.05, 0.1) is 12.6 Å². The van der Waals surface area contributed by atoms with E-state index in [1.54, 1.807) is 4.57 Å². The van der Waals surface area contributed by atoms with Gasteiger partial charge < -0.3 is 5.11 Å². The predicted octanol–water partition coefficient (Wildman–Crippen LogP) is 1.93. The highest BCUT2D eigenvalue weighted by Gasteiger charge is 2.27. The summed E-state index contributed by atoms with van der Waals surface area (Å²) >= 11 is 0. The average molecular weight is 250 g/mol. The molecule has 18 heavy (non-hydrogen) atoms. The number of aliphatic hydroxyl groups excluding tert-OH is 1. The molecule has 0 aliphatic heterocycles. The summed E-state index contributed by atoms with van der Waals surface area (Å²) in [6.45, 7) is 0.462. The Bertz CT molecular complexity index is 453. The van der Waals surface area contributed by atoms with Crippen LogP contribution in [0.1, 0.15) is 51.0 Å². The number of aromatic nitrogens is 2. The Balaban J connectivity index is 1.66. The Morgan fingerprint density at radius 1 is 1.17 bits per heavy atom. The van der Waals surface area contributed by atoms with Gasteiger partial charge in [-0.05, 0) is 31.6 Å². The molecule has 0 saturated heterocycles. The molecule has 3 rings (SSSR count). The van der Waals surface area contributed by atoms with Crippen LogP contribution >= 0.6 is 0 Å². The fourth-order valence-corrected chi connectivity index (χ4v) is 3.07. The molecule has 2 aliphatic carbocycles. The Morgan fingerprint density at radius 3 is 2.56 bits per heavy atom. The van der Waals surface area contributed by atoms with Crippen molar-refractivity contribution >= 4 is 0 Å². The van der Waals surface area contributed by atoms with Crippen molar-refractivity contribution in [3.63, 3.8) is 0 Å². The van der Waals surface area contributed by atoms with Gasteiger partial charge in [0, 0.05) is 18.4 Å². The van der Waals surface area contributed by atoms with Gasteiger partial charge in [0.1, 0.15) is 0 Å². The monoisotopic (exact) mass is 250 g/mol. The lowest BCUT2D eigenvalue weighted by atomic mass is 9.85. The molecule has 1 aromatic heterocycles. The van der Waals surface area contributed by atoms with Gasteiger partial charge in [0.15, 0.2) is 0 Å². The smallest absolute Gasteiger partial charge is 0.328 e. The largest absolute Gasteiger partial charge is 0.391 e. The SMILES string of the molecule is O=c1n(CC(O)C2CCCCC2)ccn1C1CC1. The Morgan fingerprint density at radius 2 is 1.89 bits per heavy atom. The summed E-state index contributed by atoms with van der Waals surface area (Å²) in [5.41, 5.74) is 0.0485. The van der Waals surface area contributed by atoms with E-state index in [4.69, 9.17) is 0 Å². The first kappa shape index (κ1) is 12.0. The molecule has 2 saturated carbocycles. The lowest BCUT2D eigenvalue weighted by Gasteiger charge is -2.26. The number of nitrogens with zero attached hydrogens (tertiary/aromatic N) is 2. The molecule has 4 heteroatoms. The van der Waals surface area contributed by atoms with E-state index >= 15 is 0 Å². The van der Waals surface area contributed by atoms with Crippen molar-refractivity contribution in [3.8, 4) is 0 Å². The van der Waals surface area contributed by atoms with E-state index < -0.39 is 0 Å². The minimum absolute atomic E-state index is 0.0485. The van der Waals surface area contributed by atoms with Gasteiger partial charge >= 0.3 is 5.69 Å². The van der Waals surface area contributed by atoms with Crippen LogP contribution in [-0.2, 0) is 6.54 Å². The maximum absolute atomic E-state index is 12.1. The average Bonchev–Trinajstić information content (AvgIpc) is 3.17. The molecule has 2 aliphatic rings. The molecular weight excluding hydrogens is 228 g/mol. The number of imidazole rings is 1. The van der Waals surface area contributed by atoms with Crippen molar-refractivity contribution in [2.75, 3.05) is 0 Å². The molecular formula is C14H22N2O2. The number of hydrogen-bond acceptors (Lipinski definition) is 2. The summed E-state index contributed by atoms with van der Waals surface area (Å²) in [7, 11) is 0. The van der Waals surface area contributed by atoms with Crippen molar-refractivity contribution < 1.29 is 5.11 Å². The third kappa shape index (κ3) is 2.39. The molecule has 0 spiro atoms. The highest BCUT2D eigenvalue weighted by molar-refractivity contribution is 4.92. The third-order valence-electron chi connectivity index (χ3n) is 4.39. The van der Waals surface area contributed by atoms with Crippen molar-refractivity contribution in [1.82, 2.24) is 9.13 Å². The van der Waals surface area contributed by atoms with Crippen LogP contribution in [-0.4, -0.2) is 20.3 Å². The van der Waals surface area contributed by atoms with Gasteiger partial charge in [-0.1, -0.05) is 19.3 Å². The van der Waals surface area contributed by atoms with Crippen molar-refractivity contribution in [1.29, 1.82) is 0 Å². The number of rotatable bonds is 4. The molecule has 1 unspecified atom stereocenters. The molecule has 0 amide bonds. The van der Waals surface area contributed by atoms with Gasteiger partial charge in [-0.2, -0.15) is 0 Å². The van der Waals surface area contributed by atoms with Crippen LogP contribution in [0.4, 0.5) is 0 Å². The molecule has 0 bridgehead atoms. The summed E-state index contributed by atoms with van der Waals surface area (Å²) in [5.74, 6) is 0.384. The Hall–Kier alpha value is -1.03. The van der Waals surface area contributed by atoms with Gasteiger partial charge in [0.25, 0.3) is 0 Å². The highest BCUT2D eigenvalue weighted by Crippen LogP contribution is 2.33. The van der Waals surface area contributed by atoms with Crippen LogP contribution in [0.2, 0.25) is 0 Å². The second-order valence-electron chi connectivity index (χ2n) is 5.84. The normalized spacial score (nSPS) is 23.2. The zero-order valence-electron chi connectivity index (χ0n) is 10.8. The van der Waals surface area contributed by atoms with E-state index in [1.165, 1.54) is 19.3 Å². The Kier molecular flexibility index (Phi) is 3.29. The van der Waals surface area contributed by atoms with Crippen LogP contribution in [0.15, 0.2) is 17.2 Å². The topological polar surface area (TPSA) is 47.2 Å². The molecule has 0 aromatic carbocycles. The minimum atomic E-state index is -0.363. The van der Waals surface area contributed by atoms with E-state index in [2.05, 4.69) is 0 Å². The molecule has 2 fully saturated rings. The van der Waals surface area contributed by atoms with Crippen LogP contribution in [0.25, 0.3) is 0 Å². The fourth-order valence-electron chi connectivity index (χ4n) is 3.07. The van der Waals surface area contributed by atoms with E-state index in [0.29, 0.717) is 18.5 Å². The van der Waals surface area contributed by atoms with Gasteiger partial charge in [-0.25, -0.2) is 4.79 Å². The Labute approximate surface area is 107 Å². The minimum Gasteiger partial charge on any atom is -0.391 e. The van der Waals surface area contributed by atoms with Crippen molar-refractivity contribution in [3.05, 3.63) is 22.9 Å². The van der Waals surface area contributed by atoms with Crippen molar-refractivity contribution in [2.24, 2.45) is 5.92 Å². The summed E-state index contributed by atoms with van der Waals surface area (Å²) in [6, 6.07) is 0.422. The van der Waals surface area contributed by atoms with E-state index in [-0.39, 0.29) is 11.8 Å². The third-order valence-corrected chi connectivity index (χ3v) is 4.39. The van der Waals surface area contributed by atoms with Gasteiger partial charge in [-0.15, -0.1) is 0 Å². The molecule has 1 atom stereocenters. The second kappa shape index (κ2) is 4.92. The fraction of sp³-hybridized carbons (Fsp3) is 0.786. The maximum atomic E-state index is 12.1. The second-order valence-corrected chi connectivity index (χ2v) is 5.84. The van der Waals surface area contributed by atoms with E-state index in [1.807, 2.05) is 17.0 Å². The summed E-state index contributed by atoms with van der Waals surface area (Å²) in [4.78, 5) is 12.1. The zero-order valence-corrected chi connectivity index (χ0v) is 10.8. The molecule has 1 N–H and O–H groups in total. The first-order chi connectivity index (χ1) is 8.75. The molecule has 1 heterocycles. The van der Waals surface area contributed by atoms with Crippen molar-refractivity contribution in [2.45, 2.75) is 63.6 Å². The molecule has 1 aromatic rings. The number of aliphatic hydroxyl groups is 1. The van der Waals surface area contributed by atoms with Crippen LogP contribution in [0.5, 0.6) is 0 Å². The summed E-state index contributed by atoms with van der Waals surface area (Å²) in [5, 5.41) is 10.2. The van der Waals surface area contributed by atoms with E-state index in [0.717, 1.165) is 25.7 Å². The van der Waals surface area contributed by atoms with Crippen LogP contribution in [0.3, 0.4) is 0 Å². The quantitative estimate of drug-likeness (QED) is 0.887. The number of hydrogen-bond donors (Lipinski definition) is 1. The van der Waals surface area contributed by atoms with Gasteiger partial charge in [-0.3, -0.25) is 9.13 Å². The first-order valence-electron chi connectivity index (χ1n) is 7.21. The van der Waals surface area contributed by atoms with Gasteiger partial charge in [0.2, 0.25) is 0 Å². The predicted molar refractivity (Wildman–Crippen MR) is 69.5 cm³/mol. The van der Waals surface area contributed by atoms with Crippen LogP contribution < -0.4 is 5.69 Å². The first-order valence-corrected chi connectivity index (χ1v) is 7.21. The summed E-state index contributed by atoms with van der Waals surface area (Å²) < 4.78 is 3.49. The molecule has 0 radical (unpaired) electrons. The molecule has 100 valence electrons. The van der Waals surface area contributed by atoms with Crippen LogP contribution in [0, 0.1) is 5.92 Å². The molecule has 4 nitrogen and oxygen atoms in total. The summed E-state index contributed by atoms with van der Waals surface area (Å²) in [6.07, 6.45) is 11.5. The maximum Gasteiger partial charge on any atom is 0.328 e. The van der Waals surface area contributed by atoms with E-state index in [9.17, 15) is 9.90 Å². The zero-order chi connectivity index (χ0) is 12.5. The lowest BCUT2D eigenvalue weighted by Crippen LogP contribution is -2.32. The standard InChI is InChI=1S/C14H22N2O2/c17-13(11-4-2-1-3-5-11)10-15-8-9-16(14(15)18)12-6-7-12/h8-9,11-13,17H,1-7,10H2.